The Morgan fingerprint density at radius 2 is 2.03 bits per heavy atom. The predicted octanol–water partition coefficient (Wildman–Crippen LogP) is 4.91. The van der Waals surface area contributed by atoms with E-state index in [1.165, 1.54) is 12.8 Å². The van der Waals surface area contributed by atoms with Gasteiger partial charge in [-0.3, -0.25) is 4.98 Å². The minimum Gasteiger partial charge on any atom is -0.389 e. The van der Waals surface area contributed by atoms with Gasteiger partial charge < -0.3 is 15.4 Å². The topological polar surface area (TPSA) is 101 Å². The molecule has 1 saturated heterocycles. The van der Waals surface area contributed by atoms with E-state index in [0.29, 0.717) is 28.2 Å². The Morgan fingerprint density at radius 3 is 2.77 bits per heavy atom. The minimum atomic E-state index is -0.599. The van der Waals surface area contributed by atoms with E-state index < -0.39 is 11.6 Å². The molecule has 0 radical (unpaired) electrons. The van der Waals surface area contributed by atoms with Crippen molar-refractivity contribution in [2.45, 2.75) is 33.0 Å². The molecular weight excluding hydrogens is 470 g/mol. The lowest BCUT2D eigenvalue weighted by Crippen LogP contribution is -2.22. The lowest BCUT2D eigenvalue weighted by molar-refractivity contribution is 0.135. The van der Waals surface area contributed by atoms with Crippen LogP contribution in [-0.2, 0) is 18.0 Å². The highest BCUT2D eigenvalue weighted by Gasteiger charge is 2.53. The molecule has 2 N–H and O–H groups in total. The fraction of sp³-hybridized carbons (Fsp3) is 0.360. The summed E-state index contributed by atoms with van der Waals surface area (Å²) in [6.45, 7) is 4.43. The summed E-state index contributed by atoms with van der Waals surface area (Å²) in [5.41, 5.74) is 8.39. The van der Waals surface area contributed by atoms with Crippen molar-refractivity contribution in [3.05, 3.63) is 40.7 Å². The van der Waals surface area contributed by atoms with Crippen LogP contribution >= 0.6 is 11.3 Å². The zero-order valence-corrected chi connectivity index (χ0v) is 19.7. The number of thiophene rings is 1. The number of ether oxygens (including phenoxy) is 1. The summed E-state index contributed by atoms with van der Waals surface area (Å²) >= 11 is 0.961. The minimum absolute atomic E-state index is 0.100. The Hall–Kier alpha value is -3.42. The molecule has 4 aromatic rings. The molecule has 7 nitrogen and oxygen atoms in total. The van der Waals surface area contributed by atoms with E-state index in [0.717, 1.165) is 36.2 Å². The molecule has 10 heteroatoms. The molecule has 1 aromatic carbocycles. The van der Waals surface area contributed by atoms with Crippen molar-refractivity contribution in [2.75, 3.05) is 23.7 Å². The maximum Gasteiger partial charge on any atom is 0.226 e. The molecule has 3 aromatic heterocycles. The van der Waals surface area contributed by atoms with Gasteiger partial charge in [-0.25, -0.2) is 18.7 Å². The van der Waals surface area contributed by atoms with Crippen LogP contribution in [0.2, 0.25) is 0 Å². The van der Waals surface area contributed by atoms with Gasteiger partial charge in [0, 0.05) is 35.6 Å². The highest BCUT2D eigenvalue weighted by Crippen LogP contribution is 2.56. The largest absolute Gasteiger partial charge is 0.389 e. The van der Waals surface area contributed by atoms with Gasteiger partial charge in [-0.05, 0) is 35.3 Å². The third-order valence-electron chi connectivity index (χ3n) is 7.95. The van der Waals surface area contributed by atoms with E-state index in [9.17, 15) is 9.65 Å². The van der Waals surface area contributed by atoms with Crippen LogP contribution < -0.4 is 10.6 Å². The summed E-state index contributed by atoms with van der Waals surface area (Å²) in [5.74, 6) is -0.125. The van der Waals surface area contributed by atoms with Gasteiger partial charge in [0.2, 0.25) is 5.95 Å². The summed E-state index contributed by atoms with van der Waals surface area (Å²) in [4.78, 5) is 15.7. The Kier molecular flexibility index (Phi) is 4.22. The normalized spacial score (nSPS) is 20.2. The highest BCUT2D eigenvalue weighted by molar-refractivity contribution is 7.23. The fourth-order valence-corrected chi connectivity index (χ4v) is 6.70. The van der Waals surface area contributed by atoms with Crippen molar-refractivity contribution in [3.63, 3.8) is 0 Å². The second-order valence-corrected chi connectivity index (χ2v) is 10.9. The maximum atomic E-state index is 16.4. The molecule has 35 heavy (non-hydrogen) atoms. The molecule has 1 unspecified atom stereocenters. The maximum absolute atomic E-state index is 16.4. The molecule has 1 saturated carbocycles. The average molecular weight is 491 g/mol. The predicted molar refractivity (Wildman–Crippen MR) is 129 cm³/mol. The molecule has 1 aliphatic carbocycles. The smallest absolute Gasteiger partial charge is 0.226 e. The number of fused-ring (bicyclic) bond motifs is 4. The van der Waals surface area contributed by atoms with E-state index in [1.807, 2.05) is 6.07 Å². The van der Waals surface area contributed by atoms with Crippen LogP contribution in [0.1, 0.15) is 36.5 Å². The first kappa shape index (κ1) is 20.9. The second-order valence-electron chi connectivity index (χ2n) is 9.83. The fourth-order valence-electron chi connectivity index (χ4n) is 5.78. The van der Waals surface area contributed by atoms with Gasteiger partial charge in [-0.2, -0.15) is 5.26 Å². The van der Waals surface area contributed by atoms with Crippen molar-refractivity contribution in [1.29, 1.82) is 5.26 Å². The third kappa shape index (κ3) is 2.79. The zero-order valence-electron chi connectivity index (χ0n) is 18.9. The third-order valence-corrected chi connectivity index (χ3v) is 8.98. The Labute approximate surface area is 203 Å². The molecule has 1 spiro atoms. The Bertz CT molecular complexity index is 1620. The van der Waals surface area contributed by atoms with E-state index in [1.54, 1.807) is 6.20 Å². The van der Waals surface area contributed by atoms with Gasteiger partial charge in [0.05, 0.1) is 35.4 Å². The SMILES string of the molecule is CC1CN(c2ncc3c4c(c(-c5ncc(F)c6sc(N)c(C#N)c56)c(F)c3n2)COC4)CC12CC2. The van der Waals surface area contributed by atoms with Crippen molar-refractivity contribution >= 4 is 43.3 Å². The van der Waals surface area contributed by atoms with Gasteiger partial charge >= 0.3 is 0 Å². The summed E-state index contributed by atoms with van der Waals surface area (Å²) in [6.07, 6.45) is 5.14. The molecule has 176 valence electrons. The van der Waals surface area contributed by atoms with Gasteiger partial charge in [0.25, 0.3) is 0 Å². The number of pyridine rings is 1. The van der Waals surface area contributed by atoms with Gasteiger partial charge in [-0.15, -0.1) is 11.3 Å². The van der Waals surface area contributed by atoms with E-state index in [4.69, 9.17) is 10.5 Å². The number of benzene rings is 1. The lowest BCUT2D eigenvalue weighted by Gasteiger charge is -2.18. The van der Waals surface area contributed by atoms with E-state index in [-0.39, 0.29) is 50.6 Å². The monoisotopic (exact) mass is 490 g/mol. The first-order valence-electron chi connectivity index (χ1n) is 11.5. The highest BCUT2D eigenvalue weighted by atomic mass is 32.1. The summed E-state index contributed by atoms with van der Waals surface area (Å²) < 4.78 is 36.9. The van der Waals surface area contributed by atoms with Crippen molar-refractivity contribution in [2.24, 2.45) is 11.3 Å². The van der Waals surface area contributed by atoms with Gasteiger partial charge in [-0.1, -0.05) is 6.92 Å². The van der Waals surface area contributed by atoms with Crippen LogP contribution in [0, 0.1) is 34.3 Å². The molecule has 0 amide bonds. The van der Waals surface area contributed by atoms with E-state index in [2.05, 4.69) is 26.8 Å². The molecule has 3 aliphatic rings. The summed E-state index contributed by atoms with van der Waals surface area (Å²) in [7, 11) is 0. The first-order valence-corrected chi connectivity index (χ1v) is 12.3. The number of nitrogens with two attached hydrogens (primary N) is 1. The summed E-state index contributed by atoms with van der Waals surface area (Å²) in [6, 6.07) is 2.04. The number of nitrogen functional groups attached to an aromatic ring is 1. The quantitative estimate of drug-likeness (QED) is 0.426. The lowest BCUT2D eigenvalue weighted by atomic mass is 9.94. The van der Waals surface area contributed by atoms with Crippen molar-refractivity contribution < 1.29 is 13.5 Å². The number of nitrogens with zero attached hydrogens (tertiary/aromatic N) is 5. The van der Waals surface area contributed by atoms with Gasteiger partial charge in [0.15, 0.2) is 11.6 Å². The zero-order chi connectivity index (χ0) is 24.1. The molecule has 2 fully saturated rings. The molecule has 2 aliphatic heterocycles. The molecule has 7 rings (SSSR count). The van der Waals surface area contributed by atoms with Crippen molar-refractivity contribution in [3.8, 4) is 17.3 Å². The Balaban J connectivity index is 1.49. The Morgan fingerprint density at radius 1 is 1.23 bits per heavy atom. The van der Waals surface area contributed by atoms with Crippen molar-refractivity contribution in [1.82, 2.24) is 15.0 Å². The van der Waals surface area contributed by atoms with Gasteiger partial charge in [0.1, 0.15) is 16.6 Å². The molecular formula is C25H20F2N6OS. The van der Waals surface area contributed by atoms with Crippen LogP contribution in [0.25, 0.3) is 32.2 Å². The number of anilines is 2. The van der Waals surface area contributed by atoms with E-state index >= 15 is 4.39 Å². The molecule has 0 bridgehead atoms. The number of hydrogen-bond donors (Lipinski definition) is 1. The number of nitriles is 1. The number of halogens is 2. The van der Waals surface area contributed by atoms with Crippen LogP contribution in [0.5, 0.6) is 0 Å². The van der Waals surface area contributed by atoms with Crippen LogP contribution in [-0.4, -0.2) is 28.0 Å². The van der Waals surface area contributed by atoms with Crippen LogP contribution in [0.3, 0.4) is 0 Å². The standard InChI is InChI=1S/C25H20F2N6OS/c1-11-7-33(10-25(11)2-3-25)24-31-5-13-14-8-34-9-15(14)17(19(27)20(13)32-24)21-18-12(4-28)23(29)35-22(18)16(26)6-30-21/h5-6,11H,2-3,7-10,29H2,1H3. The second kappa shape index (κ2) is 7.06. The summed E-state index contributed by atoms with van der Waals surface area (Å²) in [5, 5.41) is 10.7. The number of hydrogen-bond acceptors (Lipinski definition) is 8. The number of aromatic nitrogens is 3. The average Bonchev–Trinajstić information content (AvgIpc) is 3.17. The molecule has 1 atom stereocenters. The van der Waals surface area contributed by atoms with Crippen LogP contribution in [0.4, 0.5) is 19.7 Å². The number of rotatable bonds is 2. The first-order chi connectivity index (χ1) is 16.9. The molecule has 5 heterocycles. The van der Waals surface area contributed by atoms with Crippen LogP contribution in [0.15, 0.2) is 12.4 Å².